The Kier molecular flexibility index (Phi) is 8.86. The van der Waals surface area contributed by atoms with Gasteiger partial charge in [-0.15, -0.1) is 0 Å². The summed E-state index contributed by atoms with van der Waals surface area (Å²) in [6.07, 6.45) is 2.10. The minimum absolute atomic E-state index is 0.0361. The smallest absolute Gasteiger partial charge is 0.242 e. The Balaban J connectivity index is 1.94. The van der Waals surface area contributed by atoms with Crippen LogP contribution in [-0.4, -0.2) is 79.9 Å². The number of benzene rings is 1. The predicted molar refractivity (Wildman–Crippen MR) is 108 cm³/mol. The van der Waals surface area contributed by atoms with Crippen molar-refractivity contribution in [2.75, 3.05) is 53.4 Å². The van der Waals surface area contributed by atoms with E-state index in [1.165, 1.54) is 13.0 Å². The molecular weight excluding hydrogens is 359 g/mol. The molecule has 0 spiro atoms. The van der Waals surface area contributed by atoms with E-state index in [4.69, 9.17) is 0 Å². The molecule has 1 fully saturated rings. The van der Waals surface area contributed by atoms with E-state index in [1.807, 2.05) is 36.0 Å². The summed E-state index contributed by atoms with van der Waals surface area (Å²) in [6, 6.07) is 6.91. The molecule has 1 unspecified atom stereocenters. The molecule has 1 N–H and O–H groups in total. The van der Waals surface area contributed by atoms with Gasteiger partial charge in [0.15, 0.2) is 0 Å². The molecular formula is C21H33FN4O2. The third kappa shape index (κ3) is 7.56. The molecule has 2 amide bonds. The van der Waals surface area contributed by atoms with Crippen molar-refractivity contribution in [3.63, 3.8) is 0 Å². The molecule has 7 heteroatoms. The van der Waals surface area contributed by atoms with Crippen LogP contribution in [0.4, 0.5) is 4.39 Å². The van der Waals surface area contributed by atoms with Crippen molar-refractivity contribution in [1.82, 2.24) is 20.0 Å². The number of nitrogens with one attached hydrogen (secondary N) is 1. The normalized spacial score (nSPS) is 17.5. The summed E-state index contributed by atoms with van der Waals surface area (Å²) < 4.78 is 14.0. The van der Waals surface area contributed by atoms with Crippen LogP contribution in [0.1, 0.15) is 25.3 Å². The average molecular weight is 393 g/mol. The van der Waals surface area contributed by atoms with Gasteiger partial charge in [-0.25, -0.2) is 4.39 Å². The zero-order valence-electron chi connectivity index (χ0n) is 17.3. The van der Waals surface area contributed by atoms with E-state index < -0.39 is 0 Å². The lowest BCUT2D eigenvalue weighted by Crippen LogP contribution is -2.47. The summed E-state index contributed by atoms with van der Waals surface area (Å²) in [4.78, 5) is 29.9. The number of likely N-dealkylation sites (tertiary alicyclic amines) is 1. The third-order valence-electron chi connectivity index (χ3n) is 5.09. The number of rotatable bonds is 9. The Morgan fingerprint density at radius 1 is 1.25 bits per heavy atom. The van der Waals surface area contributed by atoms with E-state index in [0.29, 0.717) is 31.1 Å². The van der Waals surface area contributed by atoms with Crippen molar-refractivity contribution >= 4 is 11.8 Å². The van der Waals surface area contributed by atoms with Crippen LogP contribution >= 0.6 is 0 Å². The molecule has 2 rings (SSSR count). The topological polar surface area (TPSA) is 55.9 Å². The van der Waals surface area contributed by atoms with Crippen LogP contribution < -0.4 is 5.32 Å². The molecule has 1 aromatic rings. The summed E-state index contributed by atoms with van der Waals surface area (Å²) in [5, 5.41) is 2.60. The highest BCUT2D eigenvalue weighted by Crippen LogP contribution is 2.20. The molecule has 6 nitrogen and oxygen atoms in total. The fraction of sp³-hybridized carbons (Fsp3) is 0.619. The van der Waals surface area contributed by atoms with Crippen LogP contribution in [0.15, 0.2) is 24.3 Å². The molecule has 1 aromatic carbocycles. The zero-order valence-corrected chi connectivity index (χ0v) is 17.3. The standard InChI is InChI=1S/C21H33FN4O2/c1-17(27)23-13-21(28)26(12-11-24(2)3)15-18-7-6-10-25(14-18)16-19-8-4-5-9-20(19)22/h4-5,8-9,18H,6-7,10-16H2,1-3H3,(H,23,27). The van der Waals surface area contributed by atoms with E-state index in [1.54, 1.807) is 6.07 Å². The largest absolute Gasteiger partial charge is 0.347 e. The molecule has 0 bridgehead atoms. The van der Waals surface area contributed by atoms with Gasteiger partial charge in [-0.2, -0.15) is 0 Å². The minimum Gasteiger partial charge on any atom is -0.347 e. The highest BCUT2D eigenvalue weighted by atomic mass is 19.1. The molecule has 28 heavy (non-hydrogen) atoms. The van der Waals surface area contributed by atoms with E-state index in [9.17, 15) is 14.0 Å². The average Bonchev–Trinajstić information content (AvgIpc) is 2.65. The maximum Gasteiger partial charge on any atom is 0.242 e. The monoisotopic (exact) mass is 392 g/mol. The van der Waals surface area contributed by atoms with E-state index >= 15 is 0 Å². The maximum atomic E-state index is 14.0. The van der Waals surface area contributed by atoms with Crippen LogP contribution in [0.5, 0.6) is 0 Å². The second-order valence-electron chi connectivity index (χ2n) is 7.89. The first-order valence-corrected chi connectivity index (χ1v) is 9.98. The van der Waals surface area contributed by atoms with Crippen LogP contribution in [-0.2, 0) is 16.1 Å². The van der Waals surface area contributed by atoms with Crippen molar-refractivity contribution in [3.05, 3.63) is 35.6 Å². The van der Waals surface area contributed by atoms with Gasteiger partial charge in [-0.05, 0) is 45.5 Å². The van der Waals surface area contributed by atoms with E-state index in [-0.39, 0.29) is 24.2 Å². The molecule has 0 aromatic heterocycles. The van der Waals surface area contributed by atoms with Crippen molar-refractivity contribution in [3.8, 4) is 0 Å². The Morgan fingerprint density at radius 3 is 2.68 bits per heavy atom. The van der Waals surface area contributed by atoms with Gasteiger partial charge >= 0.3 is 0 Å². The number of halogens is 1. The van der Waals surface area contributed by atoms with E-state index in [0.717, 1.165) is 32.5 Å². The van der Waals surface area contributed by atoms with Gasteiger partial charge in [0.05, 0.1) is 6.54 Å². The van der Waals surface area contributed by atoms with Gasteiger partial charge in [0.25, 0.3) is 0 Å². The molecule has 0 aliphatic carbocycles. The second kappa shape index (κ2) is 11.1. The predicted octanol–water partition coefficient (Wildman–Crippen LogP) is 1.56. The van der Waals surface area contributed by atoms with Crippen LogP contribution in [0, 0.1) is 11.7 Å². The Bertz CT molecular complexity index is 653. The molecule has 156 valence electrons. The molecule has 0 saturated carbocycles. The summed E-state index contributed by atoms with van der Waals surface area (Å²) >= 11 is 0. The highest BCUT2D eigenvalue weighted by Gasteiger charge is 2.25. The number of hydrogen-bond acceptors (Lipinski definition) is 4. The van der Waals surface area contributed by atoms with Gasteiger partial charge in [0.2, 0.25) is 11.8 Å². The number of nitrogens with zero attached hydrogens (tertiary/aromatic N) is 3. The van der Waals surface area contributed by atoms with Gasteiger partial charge in [-0.1, -0.05) is 18.2 Å². The SMILES string of the molecule is CC(=O)NCC(=O)N(CCN(C)C)CC1CCCN(Cc2ccccc2F)C1. The molecule has 1 aliphatic rings. The third-order valence-corrected chi connectivity index (χ3v) is 5.09. The lowest BCUT2D eigenvalue weighted by molar-refractivity contribution is -0.133. The first kappa shape index (κ1) is 22.3. The fourth-order valence-electron chi connectivity index (χ4n) is 3.57. The van der Waals surface area contributed by atoms with Gasteiger partial charge in [-0.3, -0.25) is 14.5 Å². The molecule has 1 atom stereocenters. The van der Waals surface area contributed by atoms with E-state index in [2.05, 4.69) is 10.2 Å². The number of hydrogen-bond donors (Lipinski definition) is 1. The Labute approximate surface area is 167 Å². The molecule has 1 aliphatic heterocycles. The van der Waals surface area contributed by atoms with Crippen molar-refractivity contribution in [2.24, 2.45) is 5.92 Å². The lowest BCUT2D eigenvalue weighted by Gasteiger charge is -2.36. The van der Waals surface area contributed by atoms with Crippen LogP contribution in [0.3, 0.4) is 0 Å². The fourth-order valence-corrected chi connectivity index (χ4v) is 3.57. The Morgan fingerprint density at radius 2 is 2.00 bits per heavy atom. The Hall–Kier alpha value is -1.99. The number of amides is 2. The second-order valence-corrected chi connectivity index (χ2v) is 7.89. The summed E-state index contributed by atoms with van der Waals surface area (Å²) in [5.74, 6) is -0.0652. The lowest BCUT2D eigenvalue weighted by atomic mass is 9.96. The van der Waals surface area contributed by atoms with Crippen molar-refractivity contribution in [2.45, 2.75) is 26.3 Å². The number of carbonyl (C=O) groups is 2. The van der Waals surface area contributed by atoms with Crippen molar-refractivity contribution < 1.29 is 14.0 Å². The first-order valence-electron chi connectivity index (χ1n) is 9.98. The quantitative estimate of drug-likeness (QED) is 0.693. The highest BCUT2D eigenvalue weighted by molar-refractivity contribution is 5.83. The first-order chi connectivity index (χ1) is 13.3. The van der Waals surface area contributed by atoms with Gasteiger partial charge in [0.1, 0.15) is 5.82 Å². The number of piperidine rings is 1. The molecule has 1 saturated heterocycles. The zero-order chi connectivity index (χ0) is 20.5. The van der Waals surface area contributed by atoms with Crippen molar-refractivity contribution in [1.29, 1.82) is 0 Å². The maximum absolute atomic E-state index is 14.0. The number of likely N-dealkylation sites (N-methyl/N-ethyl adjacent to an activating group) is 1. The molecule has 1 heterocycles. The van der Waals surface area contributed by atoms with Crippen LogP contribution in [0.2, 0.25) is 0 Å². The van der Waals surface area contributed by atoms with Gasteiger partial charge in [0, 0.05) is 45.2 Å². The van der Waals surface area contributed by atoms with Crippen LogP contribution in [0.25, 0.3) is 0 Å². The number of carbonyl (C=O) groups excluding carboxylic acids is 2. The molecule has 0 radical (unpaired) electrons. The summed E-state index contributed by atoms with van der Waals surface area (Å²) in [5.41, 5.74) is 0.717. The van der Waals surface area contributed by atoms with Gasteiger partial charge < -0.3 is 15.1 Å². The summed E-state index contributed by atoms with van der Waals surface area (Å²) in [7, 11) is 3.96. The summed E-state index contributed by atoms with van der Waals surface area (Å²) in [6.45, 7) is 5.92. The minimum atomic E-state index is -0.199.